The summed E-state index contributed by atoms with van der Waals surface area (Å²) in [6.45, 7) is 13.5. The molecule has 63 heavy (non-hydrogen) atoms. The molecule has 4 heterocycles. The maximum absolute atomic E-state index is 12.0. The standard InChI is InChI=1S/C54H72O8Si/c1-52(2,3)63(43-25-14-8-15-26-43,44-27-16-9-17-28-44)58-35-19-29-49-53(4,55)32-30-45-46(60-49)31-33-54(5)50(61-45)37-48-51(62-54)47(57-39-41-22-12-7-13-23-41)36-42(59-48)24-18-34-56-38-40-20-10-6-11-21-40/h6-17,20-23,25-28,42,45-51,55H,18-19,24,29-39H2,1-5H3/t42-,45-,46+,47+,48-,49-,50+,51+,53+,54-/m1/s1. The van der Waals surface area contributed by atoms with Crippen molar-refractivity contribution < 1.29 is 38.0 Å². The van der Waals surface area contributed by atoms with Gasteiger partial charge in [0.1, 0.15) is 6.10 Å². The molecule has 4 aliphatic heterocycles. The number of hydrogen-bond donors (Lipinski definition) is 1. The molecule has 0 radical (unpaired) electrons. The molecule has 0 unspecified atom stereocenters. The Balaban J connectivity index is 0.921. The molecule has 0 aliphatic carbocycles. The van der Waals surface area contributed by atoms with E-state index >= 15 is 0 Å². The van der Waals surface area contributed by atoms with Crippen LogP contribution in [-0.2, 0) is 46.1 Å². The fourth-order valence-electron chi connectivity index (χ4n) is 10.8. The molecule has 340 valence electrons. The van der Waals surface area contributed by atoms with Crippen molar-refractivity contribution >= 4 is 18.7 Å². The van der Waals surface area contributed by atoms with Crippen LogP contribution < -0.4 is 10.4 Å². The summed E-state index contributed by atoms with van der Waals surface area (Å²) in [6.07, 6.45) is 6.48. The second-order valence-electron chi connectivity index (χ2n) is 20.1. The van der Waals surface area contributed by atoms with E-state index in [1.807, 2.05) is 19.1 Å². The third-order valence-electron chi connectivity index (χ3n) is 14.4. The van der Waals surface area contributed by atoms with Crippen molar-refractivity contribution in [2.75, 3.05) is 13.2 Å². The van der Waals surface area contributed by atoms with Gasteiger partial charge in [-0.05, 0) is 91.8 Å². The van der Waals surface area contributed by atoms with Gasteiger partial charge in [0, 0.05) is 26.1 Å². The van der Waals surface area contributed by atoms with E-state index in [2.05, 4.69) is 137 Å². The van der Waals surface area contributed by atoms with E-state index in [1.54, 1.807) is 0 Å². The van der Waals surface area contributed by atoms with Crippen molar-refractivity contribution in [3.63, 3.8) is 0 Å². The van der Waals surface area contributed by atoms with Gasteiger partial charge in [-0.25, -0.2) is 0 Å². The molecule has 0 bridgehead atoms. The number of ether oxygens (including phenoxy) is 6. The molecule has 1 N–H and O–H groups in total. The van der Waals surface area contributed by atoms with Crippen LogP contribution >= 0.6 is 0 Å². The third-order valence-corrected chi connectivity index (χ3v) is 19.4. The number of aliphatic hydroxyl groups is 1. The molecule has 0 amide bonds. The highest BCUT2D eigenvalue weighted by molar-refractivity contribution is 6.99. The Bertz CT molecular complexity index is 1940. The van der Waals surface area contributed by atoms with E-state index < -0.39 is 19.5 Å². The van der Waals surface area contributed by atoms with Crippen LogP contribution in [0.2, 0.25) is 5.04 Å². The van der Waals surface area contributed by atoms with Gasteiger partial charge in [0.25, 0.3) is 8.32 Å². The average molecular weight is 877 g/mol. The van der Waals surface area contributed by atoms with Gasteiger partial charge < -0.3 is 38.0 Å². The maximum Gasteiger partial charge on any atom is 0.261 e. The molecule has 0 spiro atoms. The van der Waals surface area contributed by atoms with Crippen molar-refractivity contribution in [3.05, 3.63) is 132 Å². The van der Waals surface area contributed by atoms with E-state index in [-0.39, 0.29) is 53.9 Å². The Kier molecular flexibility index (Phi) is 15.1. The monoisotopic (exact) mass is 876 g/mol. The van der Waals surface area contributed by atoms with Crippen LogP contribution in [-0.4, -0.2) is 86.7 Å². The van der Waals surface area contributed by atoms with Crippen molar-refractivity contribution in [1.29, 1.82) is 0 Å². The lowest BCUT2D eigenvalue weighted by Crippen LogP contribution is -2.66. The van der Waals surface area contributed by atoms with Crippen LogP contribution in [0.3, 0.4) is 0 Å². The molecule has 4 aromatic carbocycles. The minimum absolute atomic E-state index is 0.0384. The summed E-state index contributed by atoms with van der Waals surface area (Å²) in [5.74, 6) is 0. The molecule has 4 saturated heterocycles. The zero-order valence-electron chi connectivity index (χ0n) is 38.4. The topological polar surface area (TPSA) is 84.8 Å². The van der Waals surface area contributed by atoms with Crippen LogP contribution in [0.4, 0.5) is 0 Å². The molecular formula is C54H72O8Si. The van der Waals surface area contributed by atoms with Crippen molar-refractivity contribution in [2.45, 2.75) is 177 Å². The van der Waals surface area contributed by atoms with Crippen LogP contribution in [0.5, 0.6) is 0 Å². The maximum atomic E-state index is 12.0. The predicted octanol–water partition coefficient (Wildman–Crippen LogP) is 9.48. The lowest BCUT2D eigenvalue weighted by molar-refractivity contribution is -0.298. The Labute approximate surface area is 378 Å². The van der Waals surface area contributed by atoms with Crippen LogP contribution in [0.1, 0.15) is 110 Å². The van der Waals surface area contributed by atoms with Crippen molar-refractivity contribution in [2.24, 2.45) is 0 Å². The Morgan fingerprint density at radius 2 is 1.22 bits per heavy atom. The summed E-state index contributed by atoms with van der Waals surface area (Å²) in [5, 5.41) is 14.4. The predicted molar refractivity (Wildman–Crippen MR) is 251 cm³/mol. The lowest BCUT2D eigenvalue weighted by atomic mass is 9.81. The van der Waals surface area contributed by atoms with E-state index in [0.717, 1.165) is 56.9 Å². The molecule has 8 nitrogen and oxygen atoms in total. The number of rotatable bonds is 16. The van der Waals surface area contributed by atoms with E-state index in [0.29, 0.717) is 39.3 Å². The molecule has 0 aromatic heterocycles. The van der Waals surface area contributed by atoms with Crippen molar-refractivity contribution in [3.8, 4) is 0 Å². The largest absolute Gasteiger partial charge is 0.407 e. The average Bonchev–Trinajstić information content (AvgIpc) is 3.49. The zero-order chi connectivity index (χ0) is 43.9. The van der Waals surface area contributed by atoms with E-state index in [4.69, 9.17) is 32.8 Å². The lowest BCUT2D eigenvalue weighted by Gasteiger charge is -2.52. The summed E-state index contributed by atoms with van der Waals surface area (Å²) < 4.78 is 48.3. The summed E-state index contributed by atoms with van der Waals surface area (Å²) in [5.41, 5.74) is 0.833. The minimum atomic E-state index is -2.67. The first-order valence-corrected chi connectivity index (χ1v) is 25.7. The fourth-order valence-corrected chi connectivity index (χ4v) is 15.4. The van der Waals surface area contributed by atoms with Gasteiger partial charge in [-0.15, -0.1) is 0 Å². The van der Waals surface area contributed by atoms with Gasteiger partial charge >= 0.3 is 0 Å². The third kappa shape index (κ3) is 10.9. The van der Waals surface area contributed by atoms with E-state index in [1.165, 1.54) is 15.9 Å². The first-order valence-electron chi connectivity index (χ1n) is 23.8. The molecule has 4 aromatic rings. The van der Waals surface area contributed by atoms with Crippen LogP contribution in [0.25, 0.3) is 0 Å². The van der Waals surface area contributed by atoms with Gasteiger partial charge in [-0.1, -0.05) is 142 Å². The highest BCUT2D eigenvalue weighted by atomic mass is 28.4. The fraction of sp³-hybridized carbons (Fsp3) is 0.556. The normalized spacial score (nSPS) is 31.2. The summed E-state index contributed by atoms with van der Waals surface area (Å²) in [7, 11) is -2.67. The Morgan fingerprint density at radius 3 is 1.86 bits per heavy atom. The first kappa shape index (κ1) is 46.3. The summed E-state index contributed by atoms with van der Waals surface area (Å²) in [6, 6.07) is 42.3. The summed E-state index contributed by atoms with van der Waals surface area (Å²) >= 11 is 0. The smallest absolute Gasteiger partial charge is 0.261 e. The molecule has 4 fully saturated rings. The van der Waals surface area contributed by atoms with Gasteiger partial charge in [0.15, 0.2) is 0 Å². The van der Waals surface area contributed by atoms with Crippen LogP contribution in [0.15, 0.2) is 121 Å². The molecule has 4 aliphatic rings. The Hall–Kier alpha value is -3.22. The highest BCUT2D eigenvalue weighted by Crippen LogP contribution is 2.47. The highest BCUT2D eigenvalue weighted by Gasteiger charge is 2.56. The zero-order valence-corrected chi connectivity index (χ0v) is 39.4. The second-order valence-corrected chi connectivity index (χ2v) is 24.4. The SMILES string of the molecule is CC(C)(C)[Si](OCCC[C@H]1O[C@H]2CC[C@@]3(C)O[C@H]4[C@@H](OCc5ccccc5)C[C@@H](CCCOCc5ccccc5)O[C@@H]4C[C@@H]3O[C@@H]2CC[C@]1(C)O)(c1ccccc1)c1ccccc1. The van der Waals surface area contributed by atoms with Gasteiger partial charge in [-0.2, -0.15) is 0 Å². The number of benzene rings is 4. The molecule has 9 heteroatoms. The van der Waals surface area contributed by atoms with Gasteiger partial charge in [0.2, 0.25) is 0 Å². The quantitative estimate of drug-likeness (QED) is 0.0881. The first-order chi connectivity index (χ1) is 30.4. The van der Waals surface area contributed by atoms with Gasteiger partial charge in [0.05, 0.1) is 67.1 Å². The molecule has 8 rings (SSSR count). The van der Waals surface area contributed by atoms with Crippen molar-refractivity contribution in [1.82, 2.24) is 0 Å². The minimum Gasteiger partial charge on any atom is -0.407 e. The molecular weight excluding hydrogens is 805 g/mol. The van der Waals surface area contributed by atoms with E-state index in [9.17, 15) is 5.11 Å². The molecule has 0 saturated carbocycles. The summed E-state index contributed by atoms with van der Waals surface area (Å²) in [4.78, 5) is 0. The number of fused-ring (bicyclic) bond motifs is 3. The second kappa shape index (κ2) is 20.5. The van der Waals surface area contributed by atoms with Gasteiger partial charge in [-0.3, -0.25) is 0 Å². The number of hydrogen-bond acceptors (Lipinski definition) is 8. The van der Waals surface area contributed by atoms with Crippen LogP contribution in [0, 0.1) is 0 Å². The Morgan fingerprint density at radius 1 is 0.651 bits per heavy atom. The molecule has 10 atom stereocenters.